The number of carbonyl (C=O) groups is 2. The van der Waals surface area contributed by atoms with Gasteiger partial charge < -0.3 is 10.2 Å². The SMILES string of the molecule is CCC(C(=O)c1ccccc1C(C)(C)C(=O)O)N1CCC(C(O)(c2ccccc2)c2ccccc2)CC1. The van der Waals surface area contributed by atoms with Crippen LogP contribution in [0.25, 0.3) is 0 Å². The molecule has 0 saturated carbocycles. The molecule has 0 amide bonds. The first-order valence-corrected chi connectivity index (χ1v) is 13.2. The highest BCUT2D eigenvalue weighted by molar-refractivity contribution is 6.03. The van der Waals surface area contributed by atoms with Gasteiger partial charge in [-0.3, -0.25) is 14.5 Å². The van der Waals surface area contributed by atoms with Gasteiger partial charge in [-0.05, 0) is 68.8 Å². The molecular weight excluding hydrogens is 462 g/mol. The molecule has 3 aromatic carbocycles. The van der Waals surface area contributed by atoms with Crippen molar-refractivity contribution in [2.75, 3.05) is 13.1 Å². The molecule has 0 bridgehead atoms. The molecule has 194 valence electrons. The van der Waals surface area contributed by atoms with E-state index in [1.807, 2.05) is 67.6 Å². The third kappa shape index (κ3) is 5.11. The topological polar surface area (TPSA) is 77.8 Å². The Morgan fingerprint density at radius 1 is 0.865 bits per heavy atom. The number of carboxylic acid groups (broad SMARTS) is 1. The molecular formula is C32H37NO4. The molecule has 1 saturated heterocycles. The maximum atomic E-state index is 13.8. The second-order valence-corrected chi connectivity index (χ2v) is 10.6. The van der Waals surface area contributed by atoms with Gasteiger partial charge >= 0.3 is 5.97 Å². The molecule has 2 N–H and O–H groups in total. The molecule has 1 aliphatic rings. The Kier molecular flexibility index (Phi) is 7.96. The number of Topliss-reactive ketones (excluding diaryl/α,β-unsaturated/α-hetero) is 1. The van der Waals surface area contributed by atoms with E-state index < -0.39 is 17.0 Å². The van der Waals surface area contributed by atoms with Crippen molar-refractivity contribution < 1.29 is 19.8 Å². The Morgan fingerprint density at radius 3 is 1.84 bits per heavy atom. The molecule has 1 aliphatic heterocycles. The Bertz CT molecular complexity index is 1170. The van der Waals surface area contributed by atoms with E-state index in [2.05, 4.69) is 4.90 Å². The lowest BCUT2D eigenvalue weighted by Crippen LogP contribution is -2.49. The molecule has 0 spiro atoms. The van der Waals surface area contributed by atoms with E-state index >= 15 is 0 Å². The normalized spacial score (nSPS) is 16.3. The minimum atomic E-state index is -1.17. The number of aliphatic hydroxyl groups is 1. The quantitative estimate of drug-likeness (QED) is 0.372. The number of hydrogen-bond donors (Lipinski definition) is 2. The maximum absolute atomic E-state index is 13.8. The summed E-state index contributed by atoms with van der Waals surface area (Å²) in [6.45, 7) is 6.65. The van der Waals surface area contributed by atoms with Crippen LogP contribution >= 0.6 is 0 Å². The second-order valence-electron chi connectivity index (χ2n) is 10.6. The van der Waals surface area contributed by atoms with Gasteiger partial charge in [0, 0.05) is 5.56 Å². The van der Waals surface area contributed by atoms with Gasteiger partial charge in [0.2, 0.25) is 0 Å². The first-order chi connectivity index (χ1) is 17.7. The lowest BCUT2D eigenvalue weighted by Gasteiger charge is -2.44. The molecule has 1 unspecified atom stereocenters. The molecule has 5 nitrogen and oxygen atoms in total. The van der Waals surface area contributed by atoms with Crippen molar-refractivity contribution in [2.24, 2.45) is 5.92 Å². The van der Waals surface area contributed by atoms with Gasteiger partial charge in [-0.1, -0.05) is 91.9 Å². The molecule has 3 aromatic rings. The van der Waals surface area contributed by atoms with Gasteiger partial charge in [-0.2, -0.15) is 0 Å². The van der Waals surface area contributed by atoms with Crippen LogP contribution in [0.15, 0.2) is 84.9 Å². The molecule has 1 heterocycles. The summed E-state index contributed by atoms with van der Waals surface area (Å²) in [4.78, 5) is 28.0. The van der Waals surface area contributed by atoms with Gasteiger partial charge in [0.05, 0.1) is 11.5 Å². The predicted octanol–water partition coefficient (Wildman–Crippen LogP) is 5.66. The minimum absolute atomic E-state index is 0.000567. The standard InChI is InChI=1S/C32H37NO4/c1-4-28(29(34)26-17-11-12-18-27(26)31(2,3)30(35)36)33-21-19-25(20-22-33)32(37,23-13-7-5-8-14-23)24-15-9-6-10-16-24/h5-18,25,28,37H,4,19-22H2,1-3H3,(H,35,36). The smallest absolute Gasteiger partial charge is 0.313 e. The van der Waals surface area contributed by atoms with Crippen LogP contribution in [-0.4, -0.2) is 46.0 Å². The Morgan fingerprint density at radius 2 is 1.35 bits per heavy atom. The number of rotatable bonds is 9. The fourth-order valence-electron chi connectivity index (χ4n) is 5.80. The first kappa shape index (κ1) is 26.8. The molecule has 0 aliphatic carbocycles. The summed E-state index contributed by atoms with van der Waals surface area (Å²) in [7, 11) is 0. The molecule has 0 aromatic heterocycles. The highest BCUT2D eigenvalue weighted by atomic mass is 16.4. The van der Waals surface area contributed by atoms with Crippen LogP contribution < -0.4 is 0 Å². The Balaban J connectivity index is 1.58. The molecule has 5 heteroatoms. The summed E-state index contributed by atoms with van der Waals surface area (Å²) in [5, 5.41) is 22.0. The van der Waals surface area contributed by atoms with E-state index in [0.29, 0.717) is 30.6 Å². The molecule has 37 heavy (non-hydrogen) atoms. The number of ketones is 1. The fourth-order valence-corrected chi connectivity index (χ4v) is 5.80. The summed E-state index contributed by atoms with van der Waals surface area (Å²) in [6.07, 6.45) is 2.12. The highest BCUT2D eigenvalue weighted by Crippen LogP contribution is 2.42. The van der Waals surface area contributed by atoms with Gasteiger partial charge in [0.1, 0.15) is 5.60 Å². The number of nitrogens with zero attached hydrogens (tertiary/aromatic N) is 1. The van der Waals surface area contributed by atoms with Gasteiger partial charge in [-0.15, -0.1) is 0 Å². The van der Waals surface area contributed by atoms with Gasteiger partial charge in [0.25, 0.3) is 0 Å². The Labute approximate surface area is 219 Å². The largest absolute Gasteiger partial charge is 0.481 e. The van der Waals surface area contributed by atoms with Crippen molar-refractivity contribution in [2.45, 2.75) is 57.1 Å². The molecule has 4 rings (SSSR count). The van der Waals surface area contributed by atoms with E-state index in [0.717, 1.165) is 24.0 Å². The van der Waals surface area contributed by atoms with E-state index in [1.165, 1.54) is 0 Å². The van der Waals surface area contributed by atoms with Crippen molar-refractivity contribution in [1.82, 2.24) is 4.90 Å². The molecule has 0 radical (unpaired) electrons. The van der Waals surface area contributed by atoms with Crippen molar-refractivity contribution >= 4 is 11.8 Å². The monoisotopic (exact) mass is 499 g/mol. The average Bonchev–Trinajstić information content (AvgIpc) is 2.94. The number of hydrogen-bond acceptors (Lipinski definition) is 4. The maximum Gasteiger partial charge on any atom is 0.313 e. The van der Waals surface area contributed by atoms with Crippen LogP contribution in [-0.2, 0) is 15.8 Å². The summed E-state index contributed by atoms with van der Waals surface area (Å²) in [5.41, 5.74) is 0.509. The fraction of sp³-hybridized carbons (Fsp3) is 0.375. The predicted molar refractivity (Wildman–Crippen MR) is 146 cm³/mol. The van der Waals surface area contributed by atoms with Crippen molar-refractivity contribution in [3.8, 4) is 0 Å². The number of benzene rings is 3. The number of aliphatic carboxylic acids is 1. The van der Waals surface area contributed by atoms with Crippen molar-refractivity contribution in [1.29, 1.82) is 0 Å². The minimum Gasteiger partial charge on any atom is -0.481 e. The number of likely N-dealkylation sites (tertiary alicyclic amines) is 1. The third-order valence-electron chi connectivity index (χ3n) is 8.08. The first-order valence-electron chi connectivity index (χ1n) is 13.2. The van der Waals surface area contributed by atoms with Crippen molar-refractivity contribution in [3.05, 3.63) is 107 Å². The summed E-state index contributed by atoms with van der Waals surface area (Å²) in [5.74, 6) is -0.991. The van der Waals surface area contributed by atoms with E-state index in [1.54, 1.807) is 38.1 Å². The summed E-state index contributed by atoms with van der Waals surface area (Å²) >= 11 is 0. The summed E-state index contributed by atoms with van der Waals surface area (Å²) < 4.78 is 0. The molecule has 1 atom stereocenters. The zero-order chi connectivity index (χ0) is 26.6. The number of carbonyl (C=O) groups excluding carboxylic acids is 1. The zero-order valence-corrected chi connectivity index (χ0v) is 21.9. The van der Waals surface area contributed by atoms with E-state index in [-0.39, 0.29) is 17.7 Å². The van der Waals surface area contributed by atoms with E-state index in [4.69, 9.17) is 0 Å². The van der Waals surface area contributed by atoms with Crippen LogP contribution in [0, 0.1) is 5.92 Å². The Hall–Kier alpha value is -3.28. The highest BCUT2D eigenvalue weighted by Gasteiger charge is 2.43. The lowest BCUT2D eigenvalue weighted by molar-refractivity contribution is -0.142. The van der Waals surface area contributed by atoms with Gasteiger partial charge in [0.15, 0.2) is 5.78 Å². The van der Waals surface area contributed by atoms with Gasteiger partial charge in [-0.25, -0.2) is 0 Å². The van der Waals surface area contributed by atoms with Crippen LogP contribution in [0.1, 0.15) is 67.1 Å². The van der Waals surface area contributed by atoms with Crippen molar-refractivity contribution in [3.63, 3.8) is 0 Å². The summed E-state index contributed by atoms with van der Waals surface area (Å²) in [6, 6.07) is 26.4. The van der Waals surface area contributed by atoms with Crippen LogP contribution in [0.5, 0.6) is 0 Å². The molecule has 1 fully saturated rings. The number of piperidine rings is 1. The van der Waals surface area contributed by atoms with Crippen LogP contribution in [0.2, 0.25) is 0 Å². The lowest BCUT2D eigenvalue weighted by atomic mass is 9.71. The second kappa shape index (κ2) is 11.0. The van der Waals surface area contributed by atoms with E-state index in [9.17, 15) is 19.8 Å². The van der Waals surface area contributed by atoms with Crippen LogP contribution in [0.4, 0.5) is 0 Å². The average molecular weight is 500 g/mol. The third-order valence-corrected chi connectivity index (χ3v) is 8.08. The number of carboxylic acids is 1. The zero-order valence-electron chi connectivity index (χ0n) is 21.9. The van der Waals surface area contributed by atoms with Crippen LogP contribution in [0.3, 0.4) is 0 Å².